The van der Waals surface area contributed by atoms with Gasteiger partial charge in [-0.05, 0) is 44.9 Å². The molecular weight excluding hydrogens is 352 g/mol. The predicted octanol–water partition coefficient (Wildman–Crippen LogP) is 3.11. The van der Waals surface area contributed by atoms with Crippen LogP contribution in [0.5, 0.6) is 0 Å². The van der Waals surface area contributed by atoms with Gasteiger partial charge in [-0.25, -0.2) is 9.78 Å². The first-order valence-corrected chi connectivity index (χ1v) is 10.1. The molecule has 0 aromatic rings. The molecule has 7 nitrogen and oxygen atoms in total. The summed E-state index contributed by atoms with van der Waals surface area (Å²) in [7, 11) is 0. The Morgan fingerprint density at radius 1 is 1.07 bits per heavy atom. The van der Waals surface area contributed by atoms with Crippen LogP contribution in [-0.2, 0) is 33.6 Å². The highest BCUT2D eigenvalue weighted by molar-refractivity contribution is 5.81. The van der Waals surface area contributed by atoms with Crippen LogP contribution in [0.25, 0.3) is 0 Å². The molecular formula is C20H30O7. The van der Waals surface area contributed by atoms with Crippen molar-refractivity contribution in [3.8, 4) is 0 Å². The zero-order chi connectivity index (χ0) is 19.4. The lowest BCUT2D eigenvalue weighted by atomic mass is 9.58. The first kappa shape index (κ1) is 19.3. The van der Waals surface area contributed by atoms with Gasteiger partial charge in [0, 0.05) is 24.7 Å². The molecule has 0 radical (unpaired) electrons. The van der Waals surface area contributed by atoms with Crippen molar-refractivity contribution in [2.24, 2.45) is 23.7 Å². The van der Waals surface area contributed by atoms with E-state index < -0.39 is 29.9 Å². The maximum absolute atomic E-state index is 12.2. The number of ketones is 1. The minimum absolute atomic E-state index is 0.0319. The molecule has 5 rings (SSSR count). The van der Waals surface area contributed by atoms with E-state index in [4.69, 9.17) is 24.0 Å². The van der Waals surface area contributed by atoms with Crippen molar-refractivity contribution >= 4 is 11.8 Å². The first-order chi connectivity index (χ1) is 12.7. The number of hydrogen-bond acceptors (Lipinski definition) is 7. The SMILES string of the molecule is CC(=O)CCC(=O)O[C@@H]1O[C@@H]2O[C@]3(C)CC[C@H]4[C@H](C)CC[C@@H]([C@H]1C)[C@@]24OO3. The zero-order valence-electron chi connectivity index (χ0n) is 16.6. The summed E-state index contributed by atoms with van der Waals surface area (Å²) in [5.41, 5.74) is -0.657. The van der Waals surface area contributed by atoms with E-state index >= 15 is 0 Å². The summed E-state index contributed by atoms with van der Waals surface area (Å²) in [6.07, 6.45) is 2.67. The van der Waals surface area contributed by atoms with Crippen molar-refractivity contribution in [1.29, 1.82) is 0 Å². The van der Waals surface area contributed by atoms with E-state index in [0.29, 0.717) is 5.92 Å². The molecule has 2 bridgehead atoms. The number of rotatable bonds is 4. The number of carbonyl (C=O) groups is 2. The molecule has 4 saturated heterocycles. The largest absolute Gasteiger partial charge is 0.435 e. The van der Waals surface area contributed by atoms with E-state index in [2.05, 4.69) is 6.92 Å². The van der Waals surface area contributed by atoms with Crippen LogP contribution in [0.4, 0.5) is 0 Å². The number of carbonyl (C=O) groups excluding carboxylic acids is 2. The molecule has 0 aromatic heterocycles. The Hall–Kier alpha value is -1.02. The summed E-state index contributed by atoms with van der Waals surface area (Å²) < 4.78 is 18.0. The quantitative estimate of drug-likeness (QED) is 0.546. The van der Waals surface area contributed by atoms with E-state index in [0.717, 1.165) is 25.7 Å². The topological polar surface area (TPSA) is 80.3 Å². The molecule has 1 aliphatic carbocycles. The molecule has 0 N–H and O–H groups in total. The molecule has 7 heteroatoms. The van der Waals surface area contributed by atoms with E-state index in [1.807, 2.05) is 13.8 Å². The third-order valence-corrected chi connectivity index (χ3v) is 7.03. The van der Waals surface area contributed by atoms with E-state index in [1.54, 1.807) is 0 Å². The summed E-state index contributed by atoms with van der Waals surface area (Å²) in [6, 6.07) is 0. The van der Waals surface area contributed by atoms with Crippen LogP contribution >= 0.6 is 0 Å². The second-order valence-electron chi connectivity index (χ2n) is 8.97. The van der Waals surface area contributed by atoms with Crippen LogP contribution in [0.1, 0.15) is 66.2 Å². The summed E-state index contributed by atoms with van der Waals surface area (Å²) in [6.45, 7) is 7.63. The van der Waals surface area contributed by atoms with E-state index in [1.165, 1.54) is 6.92 Å². The Balaban J connectivity index is 1.58. The van der Waals surface area contributed by atoms with Gasteiger partial charge in [-0.2, -0.15) is 0 Å². The molecule has 1 spiro atoms. The zero-order valence-corrected chi connectivity index (χ0v) is 16.6. The van der Waals surface area contributed by atoms with Crippen molar-refractivity contribution in [3.05, 3.63) is 0 Å². The third-order valence-electron chi connectivity index (χ3n) is 7.03. The van der Waals surface area contributed by atoms with Gasteiger partial charge in [0.1, 0.15) is 5.78 Å². The predicted molar refractivity (Wildman–Crippen MR) is 92.8 cm³/mol. The average molecular weight is 382 g/mol. The molecule has 0 amide bonds. The van der Waals surface area contributed by atoms with E-state index in [-0.39, 0.29) is 36.4 Å². The summed E-state index contributed by atoms with van der Waals surface area (Å²) in [5, 5.41) is 0. The Bertz CT molecular complexity index is 621. The molecule has 0 unspecified atom stereocenters. The van der Waals surface area contributed by atoms with Crippen molar-refractivity contribution in [2.45, 2.75) is 90.2 Å². The van der Waals surface area contributed by atoms with Crippen LogP contribution in [0.15, 0.2) is 0 Å². The molecule has 5 fully saturated rings. The lowest BCUT2D eigenvalue weighted by Gasteiger charge is -2.59. The van der Waals surface area contributed by atoms with Gasteiger partial charge < -0.3 is 19.0 Å². The highest BCUT2D eigenvalue weighted by atomic mass is 17.3. The third kappa shape index (κ3) is 3.12. The minimum atomic E-state index is -0.846. The lowest BCUT2D eigenvalue weighted by Crippen LogP contribution is -2.70. The first-order valence-electron chi connectivity index (χ1n) is 10.1. The molecule has 8 atom stereocenters. The minimum Gasteiger partial charge on any atom is -0.435 e. The average Bonchev–Trinajstić information content (AvgIpc) is 2.84. The van der Waals surface area contributed by atoms with Gasteiger partial charge in [0.2, 0.25) is 12.1 Å². The number of esters is 1. The van der Waals surface area contributed by atoms with Crippen LogP contribution < -0.4 is 0 Å². The number of ether oxygens (including phenoxy) is 3. The summed E-state index contributed by atoms with van der Waals surface area (Å²) in [5.74, 6) is -0.458. The second kappa shape index (κ2) is 6.79. The summed E-state index contributed by atoms with van der Waals surface area (Å²) in [4.78, 5) is 35.1. The van der Waals surface area contributed by atoms with E-state index in [9.17, 15) is 9.59 Å². The molecule has 27 heavy (non-hydrogen) atoms. The van der Waals surface area contributed by atoms with Crippen LogP contribution in [0, 0.1) is 23.7 Å². The maximum atomic E-state index is 12.2. The molecule has 4 heterocycles. The fraction of sp³-hybridized carbons (Fsp3) is 0.900. The standard InChI is InChI=1S/C20H30O7/c1-11-5-7-15-13(3)17(23-16(22)8-6-12(2)21)24-18-20(15)14(11)9-10-19(4,25-18)26-27-20/h11,13-15,17-18H,5-10H2,1-4H3/t11-,13-,14+,15+,17-,18-,19+,20-/m1/s1. The van der Waals surface area contributed by atoms with Crippen LogP contribution in [-0.4, -0.2) is 35.7 Å². The van der Waals surface area contributed by atoms with Crippen molar-refractivity contribution < 1.29 is 33.6 Å². The van der Waals surface area contributed by atoms with Gasteiger partial charge in [0.25, 0.3) is 0 Å². The van der Waals surface area contributed by atoms with Gasteiger partial charge in [0.15, 0.2) is 11.9 Å². The number of hydrogen-bond donors (Lipinski definition) is 0. The summed E-state index contributed by atoms with van der Waals surface area (Å²) >= 11 is 0. The second-order valence-corrected chi connectivity index (χ2v) is 8.97. The van der Waals surface area contributed by atoms with Gasteiger partial charge in [-0.15, -0.1) is 0 Å². The van der Waals surface area contributed by atoms with Crippen molar-refractivity contribution in [1.82, 2.24) is 0 Å². The Morgan fingerprint density at radius 2 is 1.85 bits per heavy atom. The lowest BCUT2D eigenvalue weighted by molar-refractivity contribution is -0.576. The van der Waals surface area contributed by atoms with Crippen LogP contribution in [0.2, 0.25) is 0 Å². The fourth-order valence-electron chi connectivity index (χ4n) is 5.47. The van der Waals surface area contributed by atoms with Crippen molar-refractivity contribution in [2.75, 3.05) is 0 Å². The fourth-order valence-corrected chi connectivity index (χ4v) is 5.47. The highest BCUT2D eigenvalue weighted by Crippen LogP contribution is 2.60. The molecule has 1 saturated carbocycles. The normalized spacial score (nSPS) is 48.4. The highest BCUT2D eigenvalue weighted by Gasteiger charge is 2.69. The molecule has 5 aliphatic rings. The van der Waals surface area contributed by atoms with Crippen molar-refractivity contribution in [3.63, 3.8) is 0 Å². The molecule has 0 aromatic carbocycles. The van der Waals surface area contributed by atoms with Crippen LogP contribution in [0.3, 0.4) is 0 Å². The van der Waals surface area contributed by atoms with Gasteiger partial charge in [-0.3, -0.25) is 4.79 Å². The number of fused-ring (bicyclic) bond motifs is 2. The Kier molecular flexibility index (Phi) is 4.86. The van der Waals surface area contributed by atoms with Gasteiger partial charge in [-0.1, -0.05) is 13.8 Å². The monoisotopic (exact) mass is 382 g/mol. The Labute approximate surface area is 159 Å². The maximum Gasteiger partial charge on any atom is 0.308 e. The Morgan fingerprint density at radius 3 is 2.59 bits per heavy atom. The van der Waals surface area contributed by atoms with Gasteiger partial charge in [0.05, 0.1) is 6.42 Å². The molecule has 152 valence electrons. The molecule has 4 aliphatic heterocycles. The van der Waals surface area contributed by atoms with Gasteiger partial charge >= 0.3 is 5.97 Å². The smallest absolute Gasteiger partial charge is 0.308 e. The number of Topliss-reactive ketones (excluding diaryl/α,β-unsaturated/α-hetero) is 1.